The zero-order valence-electron chi connectivity index (χ0n) is 17.2. The second-order valence-corrected chi connectivity index (χ2v) is 8.18. The van der Waals surface area contributed by atoms with Crippen LogP contribution >= 0.6 is 23.2 Å². The fourth-order valence-electron chi connectivity index (χ4n) is 3.57. The molecule has 0 aliphatic carbocycles. The molecule has 8 heteroatoms. The van der Waals surface area contributed by atoms with Crippen LogP contribution in [0.1, 0.15) is 29.8 Å². The molecule has 30 heavy (non-hydrogen) atoms. The number of amides is 1. The summed E-state index contributed by atoms with van der Waals surface area (Å²) in [5.74, 6) is 0.134. The molecule has 2 aromatic rings. The number of hydrogen-bond acceptors (Lipinski definition) is 5. The third-order valence-corrected chi connectivity index (χ3v) is 5.58. The van der Waals surface area contributed by atoms with E-state index in [1.54, 1.807) is 6.07 Å². The van der Waals surface area contributed by atoms with E-state index in [2.05, 4.69) is 10.2 Å². The van der Waals surface area contributed by atoms with Crippen molar-refractivity contribution in [1.29, 1.82) is 0 Å². The highest BCUT2D eigenvalue weighted by Crippen LogP contribution is 2.29. The second kappa shape index (κ2) is 10.4. The van der Waals surface area contributed by atoms with Crippen molar-refractivity contribution in [2.24, 2.45) is 0 Å². The van der Waals surface area contributed by atoms with Crippen LogP contribution in [-0.4, -0.2) is 49.3 Å². The van der Waals surface area contributed by atoms with Gasteiger partial charge in [-0.05, 0) is 31.5 Å². The van der Waals surface area contributed by atoms with Gasteiger partial charge in [0.2, 0.25) is 0 Å². The van der Waals surface area contributed by atoms with Gasteiger partial charge in [-0.1, -0.05) is 41.4 Å². The quantitative estimate of drug-likeness (QED) is 0.622. The highest BCUT2D eigenvalue weighted by molar-refractivity contribution is 6.33. The van der Waals surface area contributed by atoms with Crippen LogP contribution in [0, 0.1) is 0 Å². The Morgan fingerprint density at radius 3 is 2.77 bits per heavy atom. The molecule has 1 saturated heterocycles. The minimum atomic E-state index is -0.278. The minimum Gasteiger partial charge on any atom is -0.493 e. The third-order valence-electron chi connectivity index (χ3n) is 4.89. The number of hydrogen-bond donors (Lipinski definition) is 2. The number of nitrogens with zero attached hydrogens (tertiary/aromatic N) is 1. The van der Waals surface area contributed by atoms with Crippen LogP contribution in [0.4, 0.5) is 5.69 Å². The number of nitrogens with one attached hydrogen (secondary N) is 1. The van der Waals surface area contributed by atoms with Crippen molar-refractivity contribution in [1.82, 2.24) is 10.2 Å². The lowest BCUT2D eigenvalue weighted by molar-refractivity contribution is -0.0768. The molecule has 2 aromatic carbocycles. The first kappa shape index (κ1) is 22.7. The molecule has 3 N–H and O–H groups in total. The maximum Gasteiger partial charge on any atom is 0.255 e. The summed E-state index contributed by atoms with van der Waals surface area (Å²) in [6.07, 6.45) is -0.0897. The van der Waals surface area contributed by atoms with E-state index in [0.717, 1.165) is 23.7 Å². The van der Waals surface area contributed by atoms with Crippen molar-refractivity contribution in [2.45, 2.75) is 32.6 Å². The molecule has 0 aromatic heterocycles. The molecule has 0 saturated carbocycles. The van der Waals surface area contributed by atoms with Gasteiger partial charge >= 0.3 is 0 Å². The van der Waals surface area contributed by atoms with Crippen LogP contribution in [0.5, 0.6) is 5.75 Å². The second-order valence-electron chi connectivity index (χ2n) is 7.37. The summed E-state index contributed by atoms with van der Waals surface area (Å²) in [6.45, 7) is 6.89. The average molecular weight is 452 g/mol. The summed E-state index contributed by atoms with van der Waals surface area (Å²) in [6, 6.07) is 10.9. The zero-order valence-corrected chi connectivity index (χ0v) is 18.7. The first-order valence-electron chi connectivity index (χ1n) is 9.98. The molecule has 1 aliphatic rings. The van der Waals surface area contributed by atoms with Gasteiger partial charge in [0.1, 0.15) is 5.75 Å². The van der Waals surface area contributed by atoms with Gasteiger partial charge in [0, 0.05) is 37.3 Å². The lowest BCUT2D eigenvalue weighted by Crippen LogP contribution is -2.50. The summed E-state index contributed by atoms with van der Waals surface area (Å²) in [5.41, 5.74) is 7.64. The van der Waals surface area contributed by atoms with E-state index in [1.165, 1.54) is 6.07 Å². The van der Waals surface area contributed by atoms with Crippen molar-refractivity contribution in [2.75, 3.05) is 32.0 Å². The average Bonchev–Trinajstić information content (AvgIpc) is 2.70. The SMILES string of the molecule is CCOc1cc(N)c(Cl)cc1C(=O)NCC1CN(Cc2ccccc2Cl)CC(C)O1. The Bertz CT molecular complexity index is 894. The minimum absolute atomic E-state index is 0.0492. The molecule has 0 radical (unpaired) electrons. The molecule has 1 amide bonds. The van der Waals surface area contributed by atoms with Gasteiger partial charge in [0.25, 0.3) is 5.91 Å². The lowest BCUT2D eigenvalue weighted by Gasteiger charge is -2.37. The molecule has 1 heterocycles. The molecule has 1 fully saturated rings. The van der Waals surface area contributed by atoms with Gasteiger partial charge in [0.15, 0.2) is 0 Å². The first-order chi connectivity index (χ1) is 14.4. The van der Waals surface area contributed by atoms with E-state index < -0.39 is 0 Å². The Labute approximate surface area is 187 Å². The van der Waals surface area contributed by atoms with Crippen LogP contribution in [0.25, 0.3) is 0 Å². The molecular formula is C22H27Cl2N3O3. The molecule has 0 spiro atoms. The highest BCUT2D eigenvalue weighted by atomic mass is 35.5. The number of morpholine rings is 1. The van der Waals surface area contributed by atoms with Crippen LogP contribution in [0.15, 0.2) is 36.4 Å². The summed E-state index contributed by atoms with van der Waals surface area (Å²) < 4.78 is 11.6. The Morgan fingerprint density at radius 2 is 2.03 bits per heavy atom. The maximum absolute atomic E-state index is 12.8. The standard InChI is InChI=1S/C22H27Cl2N3O3/c1-3-29-21-9-20(25)19(24)8-17(21)22(28)26-10-16-13-27(11-14(2)30-16)12-15-6-4-5-7-18(15)23/h4-9,14,16H,3,10-13,25H2,1-2H3,(H,26,28). The number of ether oxygens (including phenoxy) is 2. The van der Waals surface area contributed by atoms with E-state index in [0.29, 0.717) is 41.7 Å². The van der Waals surface area contributed by atoms with Gasteiger partial charge in [-0.25, -0.2) is 0 Å². The predicted molar refractivity (Wildman–Crippen MR) is 120 cm³/mol. The van der Waals surface area contributed by atoms with Gasteiger partial charge in [-0.3, -0.25) is 9.69 Å². The number of benzene rings is 2. The highest BCUT2D eigenvalue weighted by Gasteiger charge is 2.26. The normalized spacial score (nSPS) is 19.5. The molecule has 6 nitrogen and oxygen atoms in total. The molecule has 1 aliphatic heterocycles. The van der Waals surface area contributed by atoms with Crippen molar-refractivity contribution in [3.8, 4) is 5.75 Å². The molecule has 2 atom stereocenters. The smallest absolute Gasteiger partial charge is 0.255 e. The number of nitrogen functional groups attached to an aromatic ring is 1. The molecular weight excluding hydrogens is 425 g/mol. The summed E-state index contributed by atoms with van der Waals surface area (Å²) in [5, 5.41) is 4.01. The van der Waals surface area contributed by atoms with Crippen LogP contribution < -0.4 is 15.8 Å². The van der Waals surface area contributed by atoms with E-state index in [1.807, 2.05) is 38.1 Å². The number of anilines is 1. The Balaban J connectivity index is 1.63. The molecule has 3 rings (SSSR count). The summed E-state index contributed by atoms with van der Waals surface area (Å²) in [7, 11) is 0. The monoisotopic (exact) mass is 451 g/mol. The number of rotatable bonds is 7. The molecule has 0 bridgehead atoms. The Hall–Kier alpha value is -1.99. The number of halogens is 2. The maximum atomic E-state index is 12.8. The van der Waals surface area contributed by atoms with Gasteiger partial charge in [-0.2, -0.15) is 0 Å². The van der Waals surface area contributed by atoms with Crippen molar-refractivity contribution in [3.63, 3.8) is 0 Å². The summed E-state index contributed by atoms with van der Waals surface area (Å²) >= 11 is 12.4. The number of nitrogens with two attached hydrogens (primary N) is 1. The van der Waals surface area contributed by atoms with Crippen molar-refractivity contribution < 1.29 is 14.3 Å². The molecule has 162 valence electrons. The van der Waals surface area contributed by atoms with Crippen LogP contribution in [-0.2, 0) is 11.3 Å². The first-order valence-corrected chi connectivity index (χ1v) is 10.7. The van der Waals surface area contributed by atoms with E-state index in [-0.39, 0.29) is 18.1 Å². The van der Waals surface area contributed by atoms with Crippen LogP contribution in [0.2, 0.25) is 10.0 Å². The van der Waals surface area contributed by atoms with Crippen LogP contribution in [0.3, 0.4) is 0 Å². The lowest BCUT2D eigenvalue weighted by atomic mass is 10.1. The number of carbonyl (C=O) groups excluding carboxylic acids is 1. The van der Waals surface area contributed by atoms with Gasteiger partial charge < -0.3 is 20.5 Å². The van der Waals surface area contributed by atoms with E-state index >= 15 is 0 Å². The van der Waals surface area contributed by atoms with Crippen molar-refractivity contribution in [3.05, 3.63) is 57.6 Å². The largest absolute Gasteiger partial charge is 0.493 e. The Kier molecular flexibility index (Phi) is 7.83. The van der Waals surface area contributed by atoms with Gasteiger partial charge in [0.05, 0.1) is 35.1 Å². The summed E-state index contributed by atoms with van der Waals surface area (Å²) in [4.78, 5) is 15.1. The Morgan fingerprint density at radius 1 is 1.27 bits per heavy atom. The van der Waals surface area contributed by atoms with E-state index in [9.17, 15) is 4.79 Å². The topological polar surface area (TPSA) is 76.8 Å². The third kappa shape index (κ3) is 5.79. The number of carbonyl (C=O) groups is 1. The predicted octanol–water partition coefficient (Wildman–Crippen LogP) is 3.99. The fraction of sp³-hybridized carbons (Fsp3) is 0.409. The molecule has 2 unspecified atom stereocenters. The fourth-order valence-corrected chi connectivity index (χ4v) is 3.93. The van der Waals surface area contributed by atoms with Crippen molar-refractivity contribution >= 4 is 34.8 Å². The van der Waals surface area contributed by atoms with E-state index in [4.69, 9.17) is 38.4 Å². The zero-order chi connectivity index (χ0) is 21.7. The van der Waals surface area contributed by atoms with Gasteiger partial charge in [-0.15, -0.1) is 0 Å².